The Morgan fingerprint density at radius 2 is 1.76 bits per heavy atom. The Balaban J connectivity index is 1.16. The summed E-state index contributed by atoms with van der Waals surface area (Å²) in [5.41, 5.74) is 6.22. The highest BCUT2D eigenvalue weighted by molar-refractivity contribution is 5.94. The fraction of sp³-hybridized carbons (Fsp3) is 0.344. The Bertz CT molecular complexity index is 1530. The maximum absolute atomic E-state index is 13.9. The van der Waals surface area contributed by atoms with Crippen molar-refractivity contribution in [3.8, 4) is 0 Å². The molecule has 0 saturated carbocycles. The summed E-state index contributed by atoms with van der Waals surface area (Å²) in [6, 6.07) is 17.3. The summed E-state index contributed by atoms with van der Waals surface area (Å²) < 4.78 is 18.7. The van der Waals surface area contributed by atoms with Crippen molar-refractivity contribution in [3.05, 3.63) is 99.9 Å². The molecule has 0 spiro atoms. The molecule has 3 heterocycles. The van der Waals surface area contributed by atoms with Crippen LogP contribution in [0.5, 0.6) is 0 Å². The van der Waals surface area contributed by atoms with Gasteiger partial charge in [-0.25, -0.2) is 14.2 Å². The quantitative estimate of drug-likeness (QED) is 0.283. The molecule has 8 nitrogen and oxygen atoms in total. The molecule has 41 heavy (non-hydrogen) atoms. The minimum Gasteiger partial charge on any atom is -0.464 e. The number of H-pyrrole nitrogens is 1. The minimum atomic E-state index is -0.592. The number of ether oxygens (including phenoxy) is 1. The van der Waals surface area contributed by atoms with Crippen LogP contribution in [0.15, 0.2) is 60.8 Å². The number of aromatic amines is 1. The van der Waals surface area contributed by atoms with Crippen molar-refractivity contribution in [3.63, 3.8) is 0 Å². The number of aryl methyl sites for hydroxylation is 2. The Labute approximate surface area is 239 Å². The molecule has 4 aromatic rings. The number of methoxy groups -OCH3 is 1. The SMILES string of the molecule is COC(=O)c1cc2cc(CCc3cccc(CNC(=O)c4ccc(CN5CCN(C)CC5)c(CF)c4)c3)cnc2[nH]1. The van der Waals surface area contributed by atoms with Crippen LogP contribution in [0.3, 0.4) is 0 Å². The van der Waals surface area contributed by atoms with Gasteiger partial charge in [0.2, 0.25) is 0 Å². The maximum Gasteiger partial charge on any atom is 0.354 e. The molecule has 214 valence electrons. The molecule has 0 bridgehead atoms. The van der Waals surface area contributed by atoms with Gasteiger partial charge in [-0.05, 0) is 72.0 Å². The molecular weight excluding hydrogens is 521 g/mol. The molecular formula is C32H36FN5O3. The van der Waals surface area contributed by atoms with Crippen LogP contribution in [0.25, 0.3) is 11.0 Å². The van der Waals surface area contributed by atoms with Gasteiger partial charge in [-0.3, -0.25) is 9.69 Å². The van der Waals surface area contributed by atoms with Gasteiger partial charge in [0.05, 0.1) is 7.11 Å². The zero-order valence-corrected chi connectivity index (χ0v) is 23.6. The fourth-order valence-electron chi connectivity index (χ4n) is 5.18. The number of carbonyl (C=O) groups is 2. The maximum atomic E-state index is 13.9. The normalized spacial score (nSPS) is 14.3. The number of halogens is 1. The summed E-state index contributed by atoms with van der Waals surface area (Å²) in [6.45, 7) is 4.42. The molecule has 1 amide bonds. The topological polar surface area (TPSA) is 90.6 Å². The summed E-state index contributed by atoms with van der Waals surface area (Å²) in [7, 11) is 3.46. The Morgan fingerprint density at radius 3 is 2.54 bits per heavy atom. The van der Waals surface area contributed by atoms with Gasteiger partial charge in [0, 0.05) is 56.4 Å². The van der Waals surface area contributed by atoms with Crippen LogP contribution in [-0.2, 0) is 37.3 Å². The second-order valence-corrected chi connectivity index (χ2v) is 10.7. The zero-order valence-electron chi connectivity index (χ0n) is 23.6. The van der Waals surface area contributed by atoms with Gasteiger partial charge < -0.3 is 19.9 Å². The lowest BCUT2D eigenvalue weighted by molar-refractivity contribution is 0.0595. The number of fused-ring (bicyclic) bond motifs is 1. The molecule has 0 atom stereocenters. The molecule has 1 fully saturated rings. The highest BCUT2D eigenvalue weighted by Gasteiger charge is 2.17. The van der Waals surface area contributed by atoms with Crippen molar-refractivity contribution in [2.45, 2.75) is 32.6 Å². The van der Waals surface area contributed by atoms with E-state index in [9.17, 15) is 14.0 Å². The number of alkyl halides is 1. The molecule has 0 aliphatic carbocycles. The summed E-state index contributed by atoms with van der Waals surface area (Å²) in [6.07, 6.45) is 3.40. The van der Waals surface area contributed by atoms with Crippen LogP contribution in [0.1, 0.15) is 48.7 Å². The van der Waals surface area contributed by atoms with Gasteiger partial charge >= 0.3 is 5.97 Å². The van der Waals surface area contributed by atoms with Crippen LogP contribution in [0, 0.1) is 0 Å². The lowest BCUT2D eigenvalue weighted by Crippen LogP contribution is -2.44. The number of hydrogen-bond donors (Lipinski definition) is 2. The fourth-order valence-corrected chi connectivity index (χ4v) is 5.18. The third-order valence-electron chi connectivity index (χ3n) is 7.68. The minimum absolute atomic E-state index is 0.214. The predicted octanol–water partition coefficient (Wildman–Crippen LogP) is 4.28. The average molecular weight is 558 g/mol. The average Bonchev–Trinajstić information content (AvgIpc) is 3.43. The zero-order chi connectivity index (χ0) is 28.8. The van der Waals surface area contributed by atoms with Crippen LogP contribution in [-0.4, -0.2) is 72.0 Å². The van der Waals surface area contributed by atoms with E-state index >= 15 is 0 Å². The number of nitrogens with one attached hydrogen (secondary N) is 2. The molecule has 0 radical (unpaired) electrons. The van der Waals surface area contributed by atoms with E-state index in [0.717, 1.165) is 66.7 Å². The smallest absolute Gasteiger partial charge is 0.354 e. The number of carbonyl (C=O) groups excluding carboxylic acids is 2. The lowest BCUT2D eigenvalue weighted by Gasteiger charge is -2.32. The van der Waals surface area contributed by atoms with Crippen molar-refractivity contribution in [2.24, 2.45) is 0 Å². The summed E-state index contributed by atoms with van der Waals surface area (Å²) in [5.74, 6) is -0.636. The van der Waals surface area contributed by atoms with Gasteiger partial charge in [-0.2, -0.15) is 0 Å². The first-order valence-electron chi connectivity index (χ1n) is 13.9. The molecule has 2 aromatic heterocycles. The number of likely N-dealkylation sites (N-methyl/N-ethyl adjacent to an activating group) is 1. The molecule has 1 aliphatic rings. The molecule has 2 aromatic carbocycles. The highest BCUT2D eigenvalue weighted by atomic mass is 19.1. The van der Waals surface area contributed by atoms with Crippen LogP contribution >= 0.6 is 0 Å². The molecule has 1 aliphatic heterocycles. The third-order valence-corrected chi connectivity index (χ3v) is 7.68. The number of hydrogen-bond acceptors (Lipinski definition) is 6. The van der Waals surface area contributed by atoms with E-state index in [1.165, 1.54) is 7.11 Å². The molecule has 0 unspecified atom stereocenters. The van der Waals surface area contributed by atoms with Crippen molar-refractivity contribution in [2.75, 3.05) is 40.3 Å². The molecule has 9 heteroatoms. The number of amides is 1. The number of piperazine rings is 1. The predicted molar refractivity (Wildman–Crippen MR) is 156 cm³/mol. The second-order valence-electron chi connectivity index (χ2n) is 10.7. The monoisotopic (exact) mass is 557 g/mol. The molecule has 5 rings (SSSR count). The number of rotatable bonds is 10. The van der Waals surface area contributed by atoms with E-state index in [1.54, 1.807) is 18.2 Å². The van der Waals surface area contributed by atoms with E-state index in [4.69, 9.17) is 4.74 Å². The highest BCUT2D eigenvalue weighted by Crippen LogP contribution is 2.19. The van der Waals surface area contributed by atoms with E-state index < -0.39 is 12.6 Å². The van der Waals surface area contributed by atoms with Crippen molar-refractivity contribution >= 4 is 22.9 Å². The van der Waals surface area contributed by atoms with Crippen LogP contribution in [0.4, 0.5) is 4.39 Å². The van der Waals surface area contributed by atoms with E-state index in [2.05, 4.69) is 44.3 Å². The van der Waals surface area contributed by atoms with E-state index in [-0.39, 0.29) is 5.91 Å². The van der Waals surface area contributed by atoms with Gasteiger partial charge in [0.1, 0.15) is 18.0 Å². The number of benzene rings is 2. The Hall–Kier alpha value is -4.08. The van der Waals surface area contributed by atoms with Crippen molar-refractivity contribution in [1.29, 1.82) is 0 Å². The Morgan fingerprint density at radius 1 is 0.976 bits per heavy atom. The first kappa shape index (κ1) is 28.4. The lowest BCUT2D eigenvalue weighted by atomic mass is 10.0. The first-order chi connectivity index (χ1) is 19.9. The number of nitrogens with zero attached hydrogens (tertiary/aromatic N) is 3. The number of pyridine rings is 1. The molecule has 2 N–H and O–H groups in total. The van der Waals surface area contributed by atoms with E-state index in [0.29, 0.717) is 35.6 Å². The third kappa shape index (κ3) is 7.17. The second kappa shape index (κ2) is 13.1. The Kier molecular flexibility index (Phi) is 9.06. The summed E-state index contributed by atoms with van der Waals surface area (Å²) in [5, 5.41) is 3.84. The van der Waals surface area contributed by atoms with Crippen molar-refractivity contribution < 1.29 is 18.7 Å². The first-order valence-corrected chi connectivity index (χ1v) is 13.9. The van der Waals surface area contributed by atoms with Gasteiger partial charge in [-0.15, -0.1) is 0 Å². The molecule has 1 saturated heterocycles. The summed E-state index contributed by atoms with van der Waals surface area (Å²) >= 11 is 0. The van der Waals surface area contributed by atoms with E-state index in [1.807, 2.05) is 30.5 Å². The largest absolute Gasteiger partial charge is 0.464 e. The van der Waals surface area contributed by atoms with Crippen LogP contribution in [0.2, 0.25) is 0 Å². The van der Waals surface area contributed by atoms with Crippen LogP contribution < -0.4 is 5.32 Å². The van der Waals surface area contributed by atoms with Gasteiger partial charge in [-0.1, -0.05) is 30.3 Å². The van der Waals surface area contributed by atoms with Crippen molar-refractivity contribution in [1.82, 2.24) is 25.1 Å². The van der Waals surface area contributed by atoms with Gasteiger partial charge in [0.25, 0.3) is 5.91 Å². The van der Waals surface area contributed by atoms with Gasteiger partial charge in [0.15, 0.2) is 0 Å². The number of aromatic nitrogens is 2. The summed E-state index contributed by atoms with van der Waals surface area (Å²) in [4.78, 5) is 36.7. The standard InChI is InChI=1S/C32H36FN5O3/c1-37-10-12-38(13-11-37)21-26-9-8-25(16-28(26)18-33)31(39)35-20-23-5-3-4-22(14-23)6-7-24-15-27-17-29(32(40)41-2)36-30(27)34-19-24/h3-5,8-9,14-17,19H,6-7,10-13,18,20-21H2,1-2H3,(H,34,36)(H,35,39). The number of esters is 1.